The van der Waals surface area contributed by atoms with E-state index in [-0.39, 0.29) is 20.1 Å². The molecule has 0 atom stereocenters. The van der Waals surface area contributed by atoms with Crippen molar-refractivity contribution in [1.82, 2.24) is 19.4 Å². The summed E-state index contributed by atoms with van der Waals surface area (Å²) < 4.78 is 42.3. The molecule has 8 rings (SSSR count). The van der Waals surface area contributed by atoms with E-state index in [9.17, 15) is 0 Å². The van der Waals surface area contributed by atoms with Crippen molar-refractivity contribution in [3.63, 3.8) is 0 Å². The zero-order valence-electron chi connectivity index (χ0n) is 32.4. The van der Waals surface area contributed by atoms with Crippen molar-refractivity contribution in [2.75, 3.05) is 0 Å². The van der Waals surface area contributed by atoms with Gasteiger partial charge in [-0.2, -0.15) is 0 Å². The number of hydrogen-bond acceptors (Lipinski definition) is 4. The fraction of sp³-hybridized carbons (Fsp3) is 0.233. The second-order valence-corrected chi connectivity index (χ2v) is 13.9. The van der Waals surface area contributed by atoms with Gasteiger partial charge in [0.15, 0.2) is 11.2 Å². The van der Waals surface area contributed by atoms with Crippen LogP contribution in [-0.2, 0) is 32.9 Å². The van der Waals surface area contributed by atoms with Gasteiger partial charge in [0.1, 0.15) is 0 Å². The summed E-state index contributed by atoms with van der Waals surface area (Å²) in [6, 6.07) is 35.0. The van der Waals surface area contributed by atoms with Crippen molar-refractivity contribution in [2.45, 2.75) is 54.3 Å². The van der Waals surface area contributed by atoms with Gasteiger partial charge in [0, 0.05) is 44.2 Å². The molecule has 5 heterocycles. The third kappa shape index (κ3) is 7.51. The molecular formula is C43H40IrN4O-2. The molecule has 0 saturated heterocycles. The predicted molar refractivity (Wildman–Crippen MR) is 197 cm³/mol. The van der Waals surface area contributed by atoms with Crippen LogP contribution in [0.1, 0.15) is 58.2 Å². The van der Waals surface area contributed by atoms with Crippen LogP contribution < -0.4 is 0 Å². The van der Waals surface area contributed by atoms with E-state index in [1.807, 2.05) is 131 Å². The first-order valence-corrected chi connectivity index (χ1v) is 16.1. The molecule has 0 amide bonds. The van der Waals surface area contributed by atoms with Crippen molar-refractivity contribution in [3.05, 3.63) is 133 Å². The van der Waals surface area contributed by atoms with Gasteiger partial charge in [-0.25, -0.2) is 4.98 Å². The van der Waals surface area contributed by atoms with E-state index < -0.39 is 23.6 Å². The van der Waals surface area contributed by atoms with Crippen LogP contribution in [0.5, 0.6) is 0 Å². The Labute approximate surface area is 307 Å². The molecule has 6 heteroatoms. The van der Waals surface area contributed by atoms with E-state index in [4.69, 9.17) is 14.9 Å². The summed E-state index contributed by atoms with van der Waals surface area (Å²) >= 11 is 0. The van der Waals surface area contributed by atoms with Gasteiger partial charge in [-0.3, -0.25) is 4.40 Å². The van der Waals surface area contributed by atoms with Crippen LogP contribution in [0.25, 0.3) is 61.1 Å². The smallest absolute Gasteiger partial charge is 0.181 e. The van der Waals surface area contributed by atoms with Crippen LogP contribution in [0.15, 0.2) is 114 Å². The Hall–Kier alpha value is -4.64. The fourth-order valence-corrected chi connectivity index (χ4v) is 5.86. The number of fused-ring (bicyclic) bond motifs is 7. The first-order chi connectivity index (χ1) is 24.6. The zero-order valence-corrected chi connectivity index (χ0v) is 30.8. The molecule has 0 aliphatic carbocycles. The molecule has 0 N–H and O–H groups in total. The number of furan rings is 1. The van der Waals surface area contributed by atoms with E-state index in [2.05, 4.69) is 22.1 Å². The summed E-state index contributed by atoms with van der Waals surface area (Å²) in [5.41, 5.74) is 7.47. The number of pyridine rings is 3. The monoisotopic (exact) mass is 825 g/mol. The first-order valence-electron chi connectivity index (χ1n) is 18.1. The molecule has 49 heavy (non-hydrogen) atoms. The van der Waals surface area contributed by atoms with Gasteiger partial charge < -0.3 is 14.4 Å². The third-order valence-electron chi connectivity index (χ3n) is 7.67. The number of para-hydroxylation sites is 2. The molecule has 0 aliphatic rings. The quantitative estimate of drug-likeness (QED) is 0.166. The maximum Gasteiger partial charge on any atom is 0.181 e. The topological polar surface area (TPSA) is 56.2 Å². The molecule has 5 aromatic heterocycles. The van der Waals surface area contributed by atoms with Gasteiger partial charge in [-0.15, -0.1) is 53.6 Å². The maximum atomic E-state index is 8.68. The van der Waals surface area contributed by atoms with Crippen LogP contribution in [-0.4, -0.2) is 19.4 Å². The normalized spacial score (nSPS) is 13.7. The number of aromatic nitrogens is 4. The number of rotatable bonds is 4. The van der Waals surface area contributed by atoms with Gasteiger partial charge in [0.2, 0.25) is 0 Å². The van der Waals surface area contributed by atoms with E-state index in [1.165, 1.54) is 0 Å². The molecule has 5 nitrogen and oxygen atoms in total. The average molecular weight is 825 g/mol. The van der Waals surface area contributed by atoms with Crippen molar-refractivity contribution >= 4 is 38.6 Å². The van der Waals surface area contributed by atoms with E-state index in [0.29, 0.717) is 22.4 Å². The summed E-state index contributed by atoms with van der Waals surface area (Å²) in [7, 11) is 0. The number of nitrogens with zero attached hydrogens (tertiary/aromatic N) is 4. The second-order valence-electron chi connectivity index (χ2n) is 13.9. The summed E-state index contributed by atoms with van der Waals surface area (Å²) in [6.45, 7) is 11.4. The zero-order chi connectivity index (χ0) is 37.1. The van der Waals surface area contributed by atoms with E-state index >= 15 is 0 Å². The van der Waals surface area contributed by atoms with Crippen molar-refractivity contribution < 1.29 is 30.0 Å². The Kier molecular flexibility index (Phi) is 8.19. The number of imidazole rings is 1. The molecular weight excluding hydrogens is 781 g/mol. The Morgan fingerprint density at radius 2 is 1.43 bits per heavy atom. The van der Waals surface area contributed by atoms with Gasteiger partial charge >= 0.3 is 0 Å². The minimum Gasteiger partial charge on any atom is -0.472 e. The minimum absolute atomic E-state index is 0. The Morgan fingerprint density at radius 3 is 2.12 bits per heavy atom. The van der Waals surface area contributed by atoms with Crippen molar-refractivity contribution in [2.24, 2.45) is 10.8 Å². The summed E-state index contributed by atoms with van der Waals surface area (Å²) in [5.74, 6) is 0. The second kappa shape index (κ2) is 13.7. The van der Waals surface area contributed by atoms with E-state index in [1.54, 1.807) is 24.5 Å². The predicted octanol–water partition coefficient (Wildman–Crippen LogP) is 11.0. The average Bonchev–Trinajstić information content (AvgIpc) is 3.70. The van der Waals surface area contributed by atoms with Crippen LogP contribution in [0.4, 0.5) is 0 Å². The standard InChI is InChI=1S/C27H22N3O.C16H18N.Ir/c1-27(2,3)16-17-11-13-28-21(15-17)18-7-6-10-23-24(18)19-12-14-30-22-9-5-4-8-20(22)29-26(30)25(19)31-23;1-16(2,3)12-13-9-10-17-15(11-13)14-7-5-4-6-8-14;/h4-6,8-15H,16H2,1-3H3;4-7,9-11H,12H2,1-3H3;/q2*-1;/i16D2;12D2;. The Bertz CT molecular complexity index is 2570. The molecule has 0 bridgehead atoms. The van der Waals surface area contributed by atoms with Crippen molar-refractivity contribution in [1.29, 1.82) is 0 Å². The molecule has 0 spiro atoms. The Balaban J connectivity index is 0.000000206. The molecule has 0 fully saturated rings. The number of benzene rings is 3. The molecule has 0 aliphatic heterocycles. The molecule has 3 aromatic carbocycles. The number of hydrogen-bond donors (Lipinski definition) is 0. The van der Waals surface area contributed by atoms with Crippen LogP contribution in [0.2, 0.25) is 0 Å². The minimum atomic E-state index is -1.51. The summed E-state index contributed by atoms with van der Waals surface area (Å²) in [4.78, 5) is 13.7. The first kappa shape index (κ1) is 29.3. The largest absolute Gasteiger partial charge is 0.472 e. The summed E-state index contributed by atoms with van der Waals surface area (Å²) in [6.07, 6.45) is 2.43. The molecule has 1 radical (unpaired) electrons. The molecule has 0 unspecified atom stereocenters. The molecule has 0 saturated carbocycles. The van der Waals surface area contributed by atoms with Crippen molar-refractivity contribution in [3.8, 4) is 22.5 Å². The van der Waals surface area contributed by atoms with E-state index in [0.717, 1.165) is 49.9 Å². The van der Waals surface area contributed by atoms with Gasteiger partial charge in [-0.1, -0.05) is 88.4 Å². The van der Waals surface area contributed by atoms with Gasteiger partial charge in [0.25, 0.3) is 0 Å². The summed E-state index contributed by atoms with van der Waals surface area (Å²) in [5, 5.41) is 1.84. The SMILES string of the molecule is [2H]C([2H])(c1ccnc(-c2[c-]ccc3oc4c(ccn5c6ccccc6nc45)c23)c1)C(C)(C)C.[2H]C([2H])(c1ccnc(-c2[c-]cccc2)c1)C(C)(C)C.[Ir]. The van der Waals surface area contributed by atoms with Gasteiger partial charge in [-0.05, 0) is 70.7 Å². The molecule has 8 aromatic rings. The van der Waals surface area contributed by atoms with Gasteiger partial charge in [0.05, 0.1) is 16.6 Å². The van der Waals surface area contributed by atoms with Crippen LogP contribution >= 0.6 is 0 Å². The van der Waals surface area contributed by atoms with Crippen LogP contribution in [0.3, 0.4) is 0 Å². The Morgan fingerprint density at radius 1 is 0.755 bits per heavy atom. The fourth-order valence-electron chi connectivity index (χ4n) is 5.86. The molecule has 249 valence electrons. The maximum absolute atomic E-state index is 8.68. The third-order valence-corrected chi connectivity index (χ3v) is 7.67. The van der Waals surface area contributed by atoms with Crippen LogP contribution in [0, 0.1) is 23.0 Å².